The number of amides is 1. The molecule has 1 atom stereocenters. The quantitative estimate of drug-likeness (QED) is 0.533. The van der Waals surface area contributed by atoms with E-state index in [9.17, 15) is 4.79 Å². The third kappa shape index (κ3) is 5.22. The lowest BCUT2D eigenvalue weighted by Crippen LogP contribution is -2.25. The molecule has 0 radical (unpaired) electrons. The van der Waals surface area contributed by atoms with Crippen molar-refractivity contribution in [2.75, 3.05) is 18.5 Å². The van der Waals surface area contributed by atoms with E-state index in [4.69, 9.17) is 21.2 Å². The van der Waals surface area contributed by atoms with Crippen LogP contribution in [-0.4, -0.2) is 41.2 Å². The minimum atomic E-state index is -0.387. The molecule has 1 aliphatic heterocycles. The molecule has 2 heterocycles. The van der Waals surface area contributed by atoms with Gasteiger partial charge >= 0.3 is 0 Å². The molecule has 1 aromatic carbocycles. The number of thiazole rings is 1. The molecule has 1 saturated heterocycles. The summed E-state index contributed by atoms with van der Waals surface area (Å²) in [5.41, 5.74) is 0.894. The molecule has 1 saturated carbocycles. The molecule has 4 rings (SSSR count). The minimum absolute atomic E-state index is 0.133. The summed E-state index contributed by atoms with van der Waals surface area (Å²) < 4.78 is 5.80. The number of hydrogen-bond donors (Lipinski definition) is 1. The number of nitrogens with one attached hydrogen (secondary N) is 1. The topological polar surface area (TPSA) is 72.8 Å². The maximum atomic E-state index is 12.8. The van der Waals surface area contributed by atoms with Crippen molar-refractivity contribution in [1.29, 1.82) is 0 Å². The van der Waals surface area contributed by atoms with Gasteiger partial charge in [-0.05, 0) is 25.0 Å². The summed E-state index contributed by atoms with van der Waals surface area (Å²) in [6.07, 6.45) is 4.67. The van der Waals surface area contributed by atoms with Crippen LogP contribution in [0.2, 0.25) is 4.34 Å². The summed E-state index contributed by atoms with van der Waals surface area (Å²) in [5, 5.41) is 8.02. The zero-order valence-electron chi connectivity index (χ0n) is 14.4. The monoisotopic (exact) mass is 423 g/mol. The molecule has 0 bridgehead atoms. The van der Waals surface area contributed by atoms with Crippen LogP contribution in [0.5, 0.6) is 0 Å². The highest BCUT2D eigenvalue weighted by molar-refractivity contribution is 8.00. The van der Waals surface area contributed by atoms with Crippen molar-refractivity contribution >= 4 is 51.5 Å². The van der Waals surface area contributed by atoms with E-state index in [1.165, 1.54) is 35.3 Å². The molecule has 0 unspecified atom stereocenters. The molecule has 142 valence electrons. The molecule has 1 N–H and O–H groups in total. The van der Waals surface area contributed by atoms with E-state index >= 15 is 0 Å². The van der Waals surface area contributed by atoms with Gasteiger partial charge in [0.1, 0.15) is 4.34 Å². The largest absolute Gasteiger partial charge is 0.389 e. The Morgan fingerprint density at radius 1 is 1.33 bits per heavy atom. The molecule has 1 aliphatic carbocycles. The van der Waals surface area contributed by atoms with Gasteiger partial charge in [-0.25, -0.2) is 4.98 Å². The fourth-order valence-electron chi connectivity index (χ4n) is 2.49. The molecule has 6 nitrogen and oxygen atoms in total. The Kier molecular flexibility index (Phi) is 5.97. The Labute approximate surface area is 170 Å². The number of nitrogens with zero attached hydrogens (tertiary/aromatic N) is 2. The summed E-state index contributed by atoms with van der Waals surface area (Å²) in [5.74, 6) is -0.387. The zero-order chi connectivity index (χ0) is 18.6. The van der Waals surface area contributed by atoms with Crippen molar-refractivity contribution in [2.45, 2.75) is 35.5 Å². The number of aromatic nitrogens is 1. The van der Waals surface area contributed by atoms with Gasteiger partial charge < -0.3 is 9.57 Å². The van der Waals surface area contributed by atoms with Gasteiger partial charge in [0.2, 0.25) is 0 Å². The van der Waals surface area contributed by atoms with Crippen molar-refractivity contribution < 1.29 is 14.4 Å². The number of ether oxygens (including phenoxy) is 1. The average Bonchev–Trinajstić information content (AvgIpc) is 3.14. The summed E-state index contributed by atoms with van der Waals surface area (Å²) >= 11 is 8.94. The summed E-state index contributed by atoms with van der Waals surface area (Å²) in [6.45, 7) is 1.13. The second-order valence-corrected chi connectivity index (χ2v) is 9.33. The third-order valence-corrected chi connectivity index (χ3v) is 6.43. The second-order valence-electron chi connectivity index (χ2n) is 6.30. The average molecular weight is 424 g/mol. The number of hydrogen-bond acceptors (Lipinski definition) is 7. The smallest absolute Gasteiger partial charge is 0.280 e. The minimum Gasteiger partial charge on any atom is -0.389 e. The lowest BCUT2D eigenvalue weighted by atomic mass is 10.1. The van der Waals surface area contributed by atoms with Crippen LogP contribution in [0.1, 0.15) is 24.8 Å². The lowest BCUT2D eigenvalue weighted by Gasteiger charge is -2.10. The van der Waals surface area contributed by atoms with E-state index in [0.717, 1.165) is 11.7 Å². The molecule has 1 amide bonds. The Morgan fingerprint density at radius 3 is 2.78 bits per heavy atom. The standard InChI is InChI=1S/C18H18ClN3O3S2/c19-15-9-20-18(27-15)21-17(23)16(22-25-12-7-8-24-10-12)11-1-3-13(4-2-11)26-14-5-6-14/h1-4,9,12,14H,5-8,10H2,(H,20,21,23)/b22-16+/t12-/m1/s1. The Hall–Kier alpha value is -1.61. The Morgan fingerprint density at radius 2 is 2.15 bits per heavy atom. The number of anilines is 1. The molecule has 1 aromatic heterocycles. The maximum absolute atomic E-state index is 12.8. The van der Waals surface area contributed by atoms with Gasteiger partial charge in [0.25, 0.3) is 5.91 Å². The highest BCUT2D eigenvalue weighted by Crippen LogP contribution is 2.39. The van der Waals surface area contributed by atoms with E-state index in [0.29, 0.717) is 28.2 Å². The van der Waals surface area contributed by atoms with Gasteiger partial charge in [-0.3, -0.25) is 10.1 Å². The van der Waals surface area contributed by atoms with Gasteiger partial charge in [0.05, 0.1) is 19.4 Å². The number of benzene rings is 1. The van der Waals surface area contributed by atoms with E-state index in [1.807, 2.05) is 36.0 Å². The summed E-state index contributed by atoms with van der Waals surface area (Å²) in [6, 6.07) is 7.82. The van der Waals surface area contributed by atoms with Crippen LogP contribution in [0.4, 0.5) is 5.13 Å². The van der Waals surface area contributed by atoms with Crippen LogP contribution in [0.3, 0.4) is 0 Å². The van der Waals surface area contributed by atoms with E-state index < -0.39 is 0 Å². The van der Waals surface area contributed by atoms with Crippen molar-refractivity contribution in [3.05, 3.63) is 40.4 Å². The van der Waals surface area contributed by atoms with Crippen LogP contribution in [-0.2, 0) is 14.4 Å². The fourth-order valence-corrected chi connectivity index (χ4v) is 4.34. The highest BCUT2D eigenvalue weighted by atomic mass is 35.5. The van der Waals surface area contributed by atoms with Crippen LogP contribution in [0, 0.1) is 0 Å². The number of carbonyl (C=O) groups excluding carboxylic acids is 1. The predicted octanol–water partition coefficient (Wildman–Crippen LogP) is 4.20. The van der Waals surface area contributed by atoms with E-state index in [2.05, 4.69) is 15.5 Å². The first kappa shape index (κ1) is 18.7. The van der Waals surface area contributed by atoms with Gasteiger partial charge in [0.15, 0.2) is 16.9 Å². The van der Waals surface area contributed by atoms with Crippen LogP contribution in [0.15, 0.2) is 40.5 Å². The number of carbonyl (C=O) groups is 1. The molecule has 0 spiro atoms. The number of thioether (sulfide) groups is 1. The summed E-state index contributed by atoms with van der Waals surface area (Å²) in [4.78, 5) is 23.6. The molecule has 9 heteroatoms. The van der Waals surface area contributed by atoms with Crippen molar-refractivity contribution in [1.82, 2.24) is 4.98 Å². The lowest BCUT2D eigenvalue weighted by molar-refractivity contribution is -0.110. The fraction of sp³-hybridized carbons (Fsp3) is 0.389. The molecular formula is C18H18ClN3O3S2. The SMILES string of the molecule is O=C(Nc1ncc(Cl)s1)/C(=N/O[C@@H]1CCOC1)c1ccc(SC2CC2)cc1. The van der Waals surface area contributed by atoms with Gasteiger partial charge in [-0.1, -0.05) is 40.2 Å². The molecule has 2 fully saturated rings. The van der Waals surface area contributed by atoms with Crippen molar-refractivity contribution in [3.8, 4) is 0 Å². The number of halogens is 1. The first-order valence-electron chi connectivity index (χ1n) is 8.69. The Balaban J connectivity index is 1.52. The maximum Gasteiger partial charge on any atom is 0.280 e. The van der Waals surface area contributed by atoms with Crippen LogP contribution < -0.4 is 5.32 Å². The third-order valence-electron chi connectivity index (χ3n) is 4.05. The zero-order valence-corrected chi connectivity index (χ0v) is 16.8. The van der Waals surface area contributed by atoms with E-state index in [1.54, 1.807) is 0 Å². The van der Waals surface area contributed by atoms with Crippen LogP contribution in [0.25, 0.3) is 0 Å². The van der Waals surface area contributed by atoms with Gasteiger partial charge in [0, 0.05) is 22.1 Å². The van der Waals surface area contributed by atoms with Gasteiger partial charge in [-0.15, -0.1) is 11.8 Å². The second kappa shape index (κ2) is 8.60. The molecule has 2 aromatic rings. The van der Waals surface area contributed by atoms with E-state index in [-0.39, 0.29) is 17.7 Å². The molecular weight excluding hydrogens is 406 g/mol. The van der Waals surface area contributed by atoms with Crippen molar-refractivity contribution in [2.24, 2.45) is 5.16 Å². The first-order chi connectivity index (χ1) is 13.2. The van der Waals surface area contributed by atoms with Gasteiger partial charge in [-0.2, -0.15) is 0 Å². The Bertz CT molecular complexity index is 831. The molecule has 27 heavy (non-hydrogen) atoms. The van der Waals surface area contributed by atoms with Crippen LogP contribution >= 0.6 is 34.7 Å². The highest BCUT2D eigenvalue weighted by Gasteiger charge is 2.23. The predicted molar refractivity (Wildman–Crippen MR) is 108 cm³/mol. The first-order valence-corrected chi connectivity index (χ1v) is 10.8. The molecule has 2 aliphatic rings. The number of oxime groups is 1. The number of rotatable bonds is 7. The van der Waals surface area contributed by atoms with Crippen molar-refractivity contribution in [3.63, 3.8) is 0 Å². The summed E-state index contributed by atoms with van der Waals surface area (Å²) in [7, 11) is 0. The normalized spacial score (nSPS) is 19.9.